The number of aromatic nitrogens is 3. The van der Waals surface area contributed by atoms with Crippen molar-refractivity contribution in [2.45, 2.75) is 18.8 Å². The number of H-pyrrole nitrogens is 1. The molecule has 1 heterocycles. The maximum atomic E-state index is 11.7. The van der Waals surface area contributed by atoms with Gasteiger partial charge in [0.05, 0.1) is 24.1 Å². The first-order chi connectivity index (χ1) is 13.0. The van der Waals surface area contributed by atoms with E-state index in [1.54, 1.807) is 6.20 Å². The number of ether oxygens (including phenoxy) is 1. The van der Waals surface area contributed by atoms with Crippen molar-refractivity contribution < 1.29 is 9.53 Å². The number of nitrogen functional groups attached to an aromatic ring is 2. The van der Waals surface area contributed by atoms with Crippen LogP contribution < -0.4 is 21.9 Å². The van der Waals surface area contributed by atoms with Crippen LogP contribution >= 0.6 is 0 Å². The largest absolute Gasteiger partial charge is 0.494 e. The van der Waals surface area contributed by atoms with E-state index < -0.39 is 5.91 Å². The minimum absolute atomic E-state index is 0.134. The lowest BCUT2D eigenvalue weighted by Gasteiger charge is -2.22. The molecule has 0 aliphatic rings. The van der Waals surface area contributed by atoms with Gasteiger partial charge in [-0.25, -0.2) is 0 Å². The molecule has 8 nitrogen and oxygen atoms in total. The monoisotopic (exact) mass is 366 g/mol. The topological polar surface area (TPSA) is 146 Å². The SMILES string of the molecule is COc1c(N)c(C(N)=O)cc(N)c1C(CCc1ccccc1)c1c[nH]nn1. The van der Waals surface area contributed by atoms with Crippen LogP contribution in [0.25, 0.3) is 0 Å². The molecular formula is C19H22N6O2. The first-order valence-electron chi connectivity index (χ1n) is 8.48. The van der Waals surface area contributed by atoms with Crippen molar-refractivity contribution in [2.75, 3.05) is 18.6 Å². The minimum atomic E-state index is -0.661. The van der Waals surface area contributed by atoms with E-state index >= 15 is 0 Å². The number of hydrogen-bond acceptors (Lipinski definition) is 6. The van der Waals surface area contributed by atoms with Gasteiger partial charge in [0.1, 0.15) is 5.75 Å². The van der Waals surface area contributed by atoms with Crippen LogP contribution in [0.15, 0.2) is 42.6 Å². The summed E-state index contributed by atoms with van der Waals surface area (Å²) in [5.74, 6) is -0.542. The highest BCUT2D eigenvalue weighted by molar-refractivity contribution is 6.01. The standard InChI is InChI=1S/C19H22N6O2/c1-27-18-16(14(20)9-13(17(18)21)19(22)26)12(15-10-23-25-24-15)8-7-11-5-3-2-4-6-11/h2-6,9-10,12H,7-8,20-21H2,1H3,(H2,22,26)(H,23,24,25). The maximum Gasteiger partial charge on any atom is 0.251 e. The molecule has 0 saturated carbocycles. The number of carbonyl (C=O) groups excluding carboxylic acids is 1. The van der Waals surface area contributed by atoms with Crippen molar-refractivity contribution in [3.05, 3.63) is 65.0 Å². The van der Waals surface area contributed by atoms with Crippen molar-refractivity contribution in [2.24, 2.45) is 5.73 Å². The summed E-state index contributed by atoms with van der Waals surface area (Å²) in [5.41, 5.74) is 21.1. The van der Waals surface area contributed by atoms with Gasteiger partial charge in [0.15, 0.2) is 0 Å². The Morgan fingerprint density at radius 3 is 2.59 bits per heavy atom. The average Bonchev–Trinajstić information content (AvgIpc) is 3.19. The maximum absolute atomic E-state index is 11.7. The summed E-state index contributed by atoms with van der Waals surface area (Å²) in [6.45, 7) is 0. The predicted octanol–water partition coefficient (Wildman–Crippen LogP) is 1.84. The second kappa shape index (κ2) is 7.77. The van der Waals surface area contributed by atoms with Gasteiger partial charge < -0.3 is 21.9 Å². The number of aryl methyl sites for hydroxylation is 1. The van der Waals surface area contributed by atoms with Crippen molar-refractivity contribution in [3.63, 3.8) is 0 Å². The number of anilines is 2. The third-order valence-electron chi connectivity index (χ3n) is 4.57. The fourth-order valence-corrected chi connectivity index (χ4v) is 3.27. The minimum Gasteiger partial charge on any atom is -0.494 e. The summed E-state index contributed by atoms with van der Waals surface area (Å²) >= 11 is 0. The number of nitrogens with two attached hydrogens (primary N) is 3. The van der Waals surface area contributed by atoms with Crippen molar-refractivity contribution in [3.8, 4) is 5.75 Å². The van der Waals surface area contributed by atoms with Gasteiger partial charge in [-0.2, -0.15) is 0 Å². The fourth-order valence-electron chi connectivity index (χ4n) is 3.27. The molecule has 0 saturated heterocycles. The van der Waals surface area contributed by atoms with E-state index in [-0.39, 0.29) is 17.2 Å². The molecule has 3 rings (SSSR count). The van der Waals surface area contributed by atoms with E-state index in [1.165, 1.54) is 18.7 Å². The first-order valence-corrected chi connectivity index (χ1v) is 8.48. The summed E-state index contributed by atoms with van der Waals surface area (Å²) in [4.78, 5) is 11.7. The van der Waals surface area contributed by atoms with E-state index in [0.29, 0.717) is 29.1 Å². The molecule has 1 atom stereocenters. The molecular weight excluding hydrogens is 344 g/mol. The zero-order valence-electron chi connectivity index (χ0n) is 15.0. The summed E-state index contributed by atoms with van der Waals surface area (Å²) in [5, 5.41) is 10.7. The number of methoxy groups -OCH3 is 1. The van der Waals surface area contributed by atoms with Crippen LogP contribution in [0.2, 0.25) is 0 Å². The molecule has 0 radical (unpaired) electrons. The number of amides is 1. The van der Waals surface area contributed by atoms with Crippen molar-refractivity contribution in [1.82, 2.24) is 15.4 Å². The first kappa shape index (κ1) is 18.2. The smallest absolute Gasteiger partial charge is 0.251 e. The number of benzene rings is 2. The van der Waals surface area contributed by atoms with E-state index in [0.717, 1.165) is 6.42 Å². The predicted molar refractivity (Wildman–Crippen MR) is 103 cm³/mol. The Morgan fingerprint density at radius 1 is 1.26 bits per heavy atom. The highest BCUT2D eigenvalue weighted by atomic mass is 16.5. The zero-order chi connectivity index (χ0) is 19.4. The Balaban J connectivity index is 2.07. The Labute approximate surface area is 156 Å². The molecule has 7 N–H and O–H groups in total. The summed E-state index contributed by atoms with van der Waals surface area (Å²) < 4.78 is 5.51. The van der Waals surface area contributed by atoms with Gasteiger partial charge in [-0.05, 0) is 24.5 Å². The van der Waals surface area contributed by atoms with E-state index in [1.807, 2.05) is 18.2 Å². The molecule has 1 unspecified atom stereocenters. The Hall–Kier alpha value is -3.55. The highest BCUT2D eigenvalue weighted by Crippen LogP contribution is 2.43. The molecule has 0 aliphatic heterocycles. The number of nitrogens with zero attached hydrogens (tertiary/aromatic N) is 2. The van der Waals surface area contributed by atoms with Crippen LogP contribution in [-0.4, -0.2) is 28.4 Å². The summed E-state index contributed by atoms with van der Waals surface area (Å²) in [7, 11) is 1.48. The molecule has 140 valence electrons. The Morgan fingerprint density at radius 2 is 2.00 bits per heavy atom. The zero-order valence-corrected chi connectivity index (χ0v) is 15.0. The number of nitrogens with one attached hydrogen (secondary N) is 1. The number of rotatable bonds is 7. The average molecular weight is 366 g/mol. The molecule has 27 heavy (non-hydrogen) atoms. The number of carbonyl (C=O) groups is 1. The van der Waals surface area contributed by atoms with Gasteiger partial charge >= 0.3 is 0 Å². The molecule has 0 spiro atoms. The number of aromatic amines is 1. The Kier molecular flexibility index (Phi) is 5.25. The molecule has 0 bridgehead atoms. The lowest BCUT2D eigenvalue weighted by atomic mass is 9.86. The third-order valence-corrected chi connectivity index (χ3v) is 4.57. The van der Waals surface area contributed by atoms with Crippen LogP contribution in [0.3, 0.4) is 0 Å². The van der Waals surface area contributed by atoms with Crippen molar-refractivity contribution in [1.29, 1.82) is 0 Å². The van der Waals surface area contributed by atoms with Gasteiger partial charge in [-0.1, -0.05) is 35.5 Å². The van der Waals surface area contributed by atoms with Crippen LogP contribution in [0.5, 0.6) is 5.75 Å². The molecule has 2 aromatic carbocycles. The molecule has 3 aromatic rings. The second-order valence-corrected chi connectivity index (χ2v) is 6.21. The van der Waals surface area contributed by atoms with Gasteiger partial charge in [-0.15, -0.1) is 5.10 Å². The third kappa shape index (κ3) is 3.69. The normalized spacial score (nSPS) is 11.9. The van der Waals surface area contributed by atoms with Crippen molar-refractivity contribution >= 4 is 17.3 Å². The fraction of sp³-hybridized carbons (Fsp3) is 0.211. The van der Waals surface area contributed by atoms with Crippen LogP contribution in [0.1, 0.15) is 39.5 Å². The number of hydrogen-bond donors (Lipinski definition) is 4. The quantitative estimate of drug-likeness (QED) is 0.469. The molecule has 1 amide bonds. The van der Waals surface area contributed by atoms with Gasteiger partial charge in [-0.3, -0.25) is 9.89 Å². The van der Waals surface area contributed by atoms with E-state index in [2.05, 4.69) is 27.5 Å². The molecule has 8 heteroatoms. The Bertz CT molecular complexity index is 925. The summed E-state index contributed by atoms with van der Waals surface area (Å²) in [6, 6.07) is 11.6. The van der Waals surface area contributed by atoms with Crippen LogP contribution in [-0.2, 0) is 6.42 Å². The summed E-state index contributed by atoms with van der Waals surface area (Å²) in [6.07, 6.45) is 3.21. The second-order valence-electron chi connectivity index (χ2n) is 6.21. The molecule has 0 fully saturated rings. The van der Waals surface area contributed by atoms with E-state index in [4.69, 9.17) is 21.9 Å². The lowest BCUT2D eigenvalue weighted by Crippen LogP contribution is -2.17. The van der Waals surface area contributed by atoms with Crippen LogP contribution in [0.4, 0.5) is 11.4 Å². The number of primary amides is 1. The molecule has 0 aliphatic carbocycles. The highest BCUT2D eigenvalue weighted by Gasteiger charge is 2.27. The van der Waals surface area contributed by atoms with E-state index in [9.17, 15) is 4.79 Å². The molecule has 1 aromatic heterocycles. The van der Waals surface area contributed by atoms with Gasteiger partial charge in [0.2, 0.25) is 0 Å². The van der Waals surface area contributed by atoms with Crippen LogP contribution in [0, 0.1) is 0 Å². The van der Waals surface area contributed by atoms with Gasteiger partial charge in [0.25, 0.3) is 5.91 Å². The van der Waals surface area contributed by atoms with Gasteiger partial charge in [0, 0.05) is 23.4 Å². The lowest BCUT2D eigenvalue weighted by molar-refractivity contribution is 0.100.